The van der Waals surface area contributed by atoms with Gasteiger partial charge in [0.15, 0.2) is 0 Å². The highest BCUT2D eigenvalue weighted by Gasteiger charge is 2.28. The Hall–Kier alpha value is -1.90. The molecule has 0 fully saturated rings. The average Bonchev–Trinajstić information content (AvgIpc) is 2.93. The predicted octanol–water partition coefficient (Wildman–Crippen LogP) is 5.46. The van der Waals surface area contributed by atoms with Gasteiger partial charge in [0, 0.05) is 27.4 Å². The summed E-state index contributed by atoms with van der Waals surface area (Å²) in [5, 5.41) is 1.40. The van der Waals surface area contributed by atoms with Crippen molar-refractivity contribution in [1.82, 2.24) is 0 Å². The first-order valence-electron chi connectivity index (χ1n) is 8.05. The Balaban J connectivity index is 1.96. The molecule has 1 atom stereocenters. The van der Waals surface area contributed by atoms with Gasteiger partial charge in [-0.1, -0.05) is 54.4 Å². The van der Waals surface area contributed by atoms with E-state index < -0.39 is 0 Å². The third kappa shape index (κ3) is 2.51. The minimum Gasteiger partial charge on any atom is -0.285 e. The quantitative estimate of drug-likeness (QED) is 0.683. The van der Waals surface area contributed by atoms with Crippen molar-refractivity contribution >= 4 is 40.7 Å². The summed E-state index contributed by atoms with van der Waals surface area (Å²) in [6.45, 7) is 2.77. The Morgan fingerprint density at radius 3 is 2.67 bits per heavy atom. The number of hydrogen-bond donors (Lipinski definition) is 0. The van der Waals surface area contributed by atoms with E-state index in [1.165, 1.54) is 11.1 Å². The molecule has 1 unspecified atom stereocenters. The van der Waals surface area contributed by atoms with Crippen molar-refractivity contribution in [2.24, 2.45) is 9.98 Å². The number of fused-ring (bicyclic) bond motifs is 2. The molecule has 0 saturated carbocycles. The highest BCUT2D eigenvalue weighted by molar-refractivity contribution is 6.36. The lowest BCUT2D eigenvalue weighted by Gasteiger charge is -2.17. The first kappa shape index (κ1) is 15.6. The third-order valence-corrected chi connectivity index (χ3v) is 5.10. The molecular formula is C20H16Cl2N2. The molecule has 4 rings (SSSR count). The van der Waals surface area contributed by atoms with Crippen molar-refractivity contribution in [3.63, 3.8) is 0 Å². The van der Waals surface area contributed by atoms with Crippen LogP contribution in [0.3, 0.4) is 0 Å². The third-order valence-electron chi connectivity index (χ3n) is 4.54. The molecule has 2 aliphatic heterocycles. The molecule has 2 nitrogen and oxygen atoms in total. The van der Waals surface area contributed by atoms with Crippen LogP contribution in [0.1, 0.15) is 30.0 Å². The zero-order chi connectivity index (χ0) is 16.7. The molecule has 0 N–H and O–H groups in total. The maximum atomic E-state index is 6.44. The van der Waals surface area contributed by atoms with Gasteiger partial charge in [-0.05, 0) is 41.3 Å². The lowest BCUT2D eigenvalue weighted by Crippen LogP contribution is -2.10. The maximum absolute atomic E-state index is 6.44. The summed E-state index contributed by atoms with van der Waals surface area (Å²) in [4.78, 5) is 9.52. The van der Waals surface area contributed by atoms with E-state index in [0.29, 0.717) is 16.6 Å². The predicted molar refractivity (Wildman–Crippen MR) is 103 cm³/mol. The molecular weight excluding hydrogens is 339 g/mol. The second kappa shape index (κ2) is 6.19. The standard InChI is InChI=1S/C20H16Cl2N2/c1-2-18-19-12(10-23-18)11-24-20(15-5-3-4-6-17(15)22)16-9-13(21)7-8-14(16)19/h3-10,18H,2,11H2,1H3. The number of aliphatic imine (C=N–C) groups is 2. The fourth-order valence-electron chi connectivity index (χ4n) is 3.41. The Labute approximate surface area is 151 Å². The molecule has 120 valence electrons. The van der Waals surface area contributed by atoms with Gasteiger partial charge < -0.3 is 0 Å². The second-order valence-corrected chi connectivity index (χ2v) is 6.82. The molecule has 24 heavy (non-hydrogen) atoms. The Morgan fingerprint density at radius 1 is 1.04 bits per heavy atom. The van der Waals surface area contributed by atoms with Gasteiger partial charge in [0.25, 0.3) is 0 Å². The van der Waals surface area contributed by atoms with E-state index in [1.807, 2.05) is 42.6 Å². The molecule has 0 aliphatic carbocycles. The van der Waals surface area contributed by atoms with Crippen molar-refractivity contribution in [3.8, 4) is 0 Å². The number of benzene rings is 2. The van der Waals surface area contributed by atoms with Gasteiger partial charge in [-0.3, -0.25) is 9.98 Å². The van der Waals surface area contributed by atoms with Crippen LogP contribution in [-0.4, -0.2) is 24.5 Å². The van der Waals surface area contributed by atoms with Gasteiger partial charge in [0.2, 0.25) is 0 Å². The highest BCUT2D eigenvalue weighted by atomic mass is 35.5. The Bertz CT molecular complexity index is 910. The van der Waals surface area contributed by atoms with E-state index in [0.717, 1.165) is 28.8 Å². The van der Waals surface area contributed by atoms with Gasteiger partial charge in [0.1, 0.15) is 0 Å². The van der Waals surface area contributed by atoms with Crippen molar-refractivity contribution in [2.45, 2.75) is 19.4 Å². The van der Waals surface area contributed by atoms with E-state index in [1.54, 1.807) is 0 Å². The maximum Gasteiger partial charge on any atom is 0.0756 e. The molecule has 0 bridgehead atoms. The van der Waals surface area contributed by atoms with Gasteiger partial charge in [-0.2, -0.15) is 0 Å². The summed E-state index contributed by atoms with van der Waals surface area (Å²) in [6, 6.07) is 14.0. The first-order chi connectivity index (χ1) is 11.7. The van der Waals surface area contributed by atoms with E-state index in [-0.39, 0.29) is 6.04 Å². The van der Waals surface area contributed by atoms with Crippen LogP contribution >= 0.6 is 23.2 Å². The van der Waals surface area contributed by atoms with Gasteiger partial charge in [-0.15, -0.1) is 0 Å². The van der Waals surface area contributed by atoms with Crippen LogP contribution in [-0.2, 0) is 0 Å². The summed E-state index contributed by atoms with van der Waals surface area (Å²) in [5.41, 5.74) is 6.49. The molecule has 4 heteroatoms. The summed E-state index contributed by atoms with van der Waals surface area (Å²) in [7, 11) is 0. The summed E-state index contributed by atoms with van der Waals surface area (Å²) in [5.74, 6) is 0. The summed E-state index contributed by atoms with van der Waals surface area (Å²) < 4.78 is 0. The van der Waals surface area contributed by atoms with Crippen LogP contribution in [0.2, 0.25) is 10.0 Å². The Morgan fingerprint density at radius 2 is 1.88 bits per heavy atom. The molecule has 2 aliphatic rings. The average molecular weight is 355 g/mol. The van der Waals surface area contributed by atoms with Crippen molar-refractivity contribution in [2.75, 3.05) is 6.54 Å². The molecule has 2 aromatic rings. The highest BCUT2D eigenvalue weighted by Crippen LogP contribution is 2.37. The largest absolute Gasteiger partial charge is 0.285 e. The van der Waals surface area contributed by atoms with Crippen molar-refractivity contribution < 1.29 is 0 Å². The molecule has 2 aromatic carbocycles. The van der Waals surface area contributed by atoms with Crippen LogP contribution in [0.15, 0.2) is 58.0 Å². The van der Waals surface area contributed by atoms with E-state index in [2.05, 4.69) is 18.0 Å². The molecule has 2 heterocycles. The Kier molecular flexibility index (Phi) is 4.03. The van der Waals surface area contributed by atoms with Crippen LogP contribution in [0, 0.1) is 0 Å². The molecule has 0 amide bonds. The van der Waals surface area contributed by atoms with Crippen molar-refractivity contribution in [3.05, 3.63) is 74.8 Å². The van der Waals surface area contributed by atoms with E-state index >= 15 is 0 Å². The van der Waals surface area contributed by atoms with Gasteiger partial charge in [0.05, 0.1) is 18.3 Å². The number of rotatable bonds is 2. The minimum atomic E-state index is 0.195. The van der Waals surface area contributed by atoms with Crippen LogP contribution in [0.25, 0.3) is 5.57 Å². The fraction of sp³-hybridized carbons (Fsp3) is 0.200. The van der Waals surface area contributed by atoms with Crippen LogP contribution in [0.5, 0.6) is 0 Å². The number of hydrogen-bond acceptors (Lipinski definition) is 2. The van der Waals surface area contributed by atoms with Gasteiger partial charge in [-0.25, -0.2) is 0 Å². The normalized spacial score (nSPS) is 19.0. The smallest absolute Gasteiger partial charge is 0.0756 e. The topological polar surface area (TPSA) is 24.7 Å². The first-order valence-corrected chi connectivity index (χ1v) is 8.80. The van der Waals surface area contributed by atoms with Crippen LogP contribution < -0.4 is 0 Å². The SMILES string of the molecule is CCC1N=CC2=C1c1ccc(Cl)cc1C(c1ccccc1Cl)=NC2. The zero-order valence-corrected chi connectivity index (χ0v) is 14.8. The molecule has 0 saturated heterocycles. The lowest BCUT2D eigenvalue weighted by molar-refractivity contribution is 0.813. The van der Waals surface area contributed by atoms with E-state index in [4.69, 9.17) is 28.2 Å². The lowest BCUT2D eigenvalue weighted by atomic mass is 9.89. The second-order valence-electron chi connectivity index (χ2n) is 5.98. The minimum absolute atomic E-state index is 0.195. The zero-order valence-electron chi connectivity index (χ0n) is 13.3. The number of halogens is 2. The fourth-order valence-corrected chi connectivity index (χ4v) is 3.80. The number of nitrogens with zero attached hydrogens (tertiary/aromatic N) is 2. The molecule has 0 aromatic heterocycles. The van der Waals surface area contributed by atoms with Crippen LogP contribution in [0.4, 0.5) is 0 Å². The summed E-state index contributed by atoms with van der Waals surface area (Å²) >= 11 is 12.7. The van der Waals surface area contributed by atoms with Gasteiger partial charge >= 0.3 is 0 Å². The molecule has 0 spiro atoms. The summed E-state index contributed by atoms with van der Waals surface area (Å²) in [6.07, 6.45) is 2.94. The molecule has 0 radical (unpaired) electrons. The van der Waals surface area contributed by atoms with E-state index in [9.17, 15) is 0 Å². The van der Waals surface area contributed by atoms with Crippen molar-refractivity contribution in [1.29, 1.82) is 0 Å². The monoisotopic (exact) mass is 354 g/mol.